The standard InChI is InChI=1S/C10H20N2O/c1-12-5-2-4-10(8-12)7-9(11)3-6-13-10/h9H,2-8,11H2,1H3. The molecule has 2 aliphatic rings. The van der Waals surface area contributed by atoms with E-state index in [0.29, 0.717) is 6.04 Å². The van der Waals surface area contributed by atoms with Gasteiger partial charge in [-0.3, -0.25) is 0 Å². The molecule has 0 amide bonds. The van der Waals surface area contributed by atoms with E-state index in [1.54, 1.807) is 0 Å². The third kappa shape index (κ3) is 2.03. The molecule has 2 rings (SSSR count). The molecule has 0 bridgehead atoms. The van der Waals surface area contributed by atoms with Crippen LogP contribution in [-0.2, 0) is 4.74 Å². The van der Waals surface area contributed by atoms with Crippen molar-refractivity contribution in [3.05, 3.63) is 0 Å². The van der Waals surface area contributed by atoms with Crippen LogP contribution in [0, 0.1) is 0 Å². The van der Waals surface area contributed by atoms with Gasteiger partial charge in [0.2, 0.25) is 0 Å². The van der Waals surface area contributed by atoms with E-state index in [9.17, 15) is 0 Å². The van der Waals surface area contributed by atoms with Crippen molar-refractivity contribution in [3.63, 3.8) is 0 Å². The summed E-state index contributed by atoms with van der Waals surface area (Å²) in [6.07, 6.45) is 4.54. The fraction of sp³-hybridized carbons (Fsp3) is 1.00. The minimum absolute atomic E-state index is 0.102. The third-order valence-corrected chi connectivity index (χ3v) is 3.26. The maximum Gasteiger partial charge on any atom is 0.0823 e. The van der Waals surface area contributed by atoms with Gasteiger partial charge in [-0.25, -0.2) is 0 Å². The maximum absolute atomic E-state index is 5.99. The number of nitrogens with zero attached hydrogens (tertiary/aromatic N) is 1. The third-order valence-electron chi connectivity index (χ3n) is 3.26. The van der Waals surface area contributed by atoms with Crippen LogP contribution in [0.3, 0.4) is 0 Å². The lowest BCUT2D eigenvalue weighted by molar-refractivity contribution is -0.117. The molecule has 2 heterocycles. The Balaban J connectivity index is 2.00. The second-order valence-corrected chi connectivity index (χ2v) is 4.63. The highest BCUT2D eigenvalue weighted by Crippen LogP contribution is 2.32. The number of likely N-dealkylation sites (N-methyl/N-ethyl adjacent to an activating group) is 1. The summed E-state index contributed by atoms with van der Waals surface area (Å²) in [6, 6.07) is 0.361. The normalized spacial score (nSPS) is 42.5. The van der Waals surface area contributed by atoms with E-state index in [4.69, 9.17) is 10.5 Å². The first kappa shape index (κ1) is 9.44. The Labute approximate surface area is 80.2 Å². The first-order chi connectivity index (χ1) is 6.20. The Morgan fingerprint density at radius 3 is 3.08 bits per heavy atom. The van der Waals surface area contributed by atoms with E-state index in [2.05, 4.69) is 11.9 Å². The van der Waals surface area contributed by atoms with Crippen LogP contribution < -0.4 is 5.73 Å². The minimum Gasteiger partial charge on any atom is -0.374 e. The van der Waals surface area contributed by atoms with Crippen LogP contribution in [-0.4, -0.2) is 43.3 Å². The highest BCUT2D eigenvalue weighted by atomic mass is 16.5. The first-order valence-corrected chi connectivity index (χ1v) is 5.28. The molecule has 2 N–H and O–H groups in total. The topological polar surface area (TPSA) is 38.5 Å². The molecular weight excluding hydrogens is 164 g/mol. The number of hydrogen-bond donors (Lipinski definition) is 1. The SMILES string of the molecule is CN1CCCC2(CC(N)CCO2)C1. The maximum atomic E-state index is 5.99. The summed E-state index contributed by atoms with van der Waals surface area (Å²) in [5.41, 5.74) is 6.09. The van der Waals surface area contributed by atoms with Gasteiger partial charge in [-0.1, -0.05) is 0 Å². The van der Waals surface area contributed by atoms with Gasteiger partial charge in [-0.15, -0.1) is 0 Å². The van der Waals surface area contributed by atoms with E-state index >= 15 is 0 Å². The van der Waals surface area contributed by atoms with Crippen LogP contribution >= 0.6 is 0 Å². The van der Waals surface area contributed by atoms with Crippen LogP contribution in [0.15, 0.2) is 0 Å². The Kier molecular flexibility index (Phi) is 2.58. The van der Waals surface area contributed by atoms with E-state index < -0.39 is 0 Å². The van der Waals surface area contributed by atoms with Crippen molar-refractivity contribution in [1.82, 2.24) is 4.90 Å². The molecule has 0 aliphatic carbocycles. The average molecular weight is 184 g/mol. The lowest BCUT2D eigenvalue weighted by Crippen LogP contribution is -2.54. The van der Waals surface area contributed by atoms with Gasteiger partial charge in [0.25, 0.3) is 0 Å². The summed E-state index contributed by atoms with van der Waals surface area (Å²) in [5, 5.41) is 0. The van der Waals surface area contributed by atoms with Crippen molar-refractivity contribution in [2.75, 3.05) is 26.7 Å². The lowest BCUT2D eigenvalue weighted by atomic mass is 9.84. The molecule has 0 aromatic carbocycles. The molecule has 3 nitrogen and oxygen atoms in total. The van der Waals surface area contributed by atoms with Gasteiger partial charge in [0.1, 0.15) is 0 Å². The zero-order valence-electron chi connectivity index (χ0n) is 8.46. The molecule has 2 atom stereocenters. The molecular formula is C10H20N2O. The second kappa shape index (κ2) is 3.56. The predicted octanol–water partition coefficient (Wildman–Crippen LogP) is 0.588. The van der Waals surface area contributed by atoms with Crippen LogP contribution in [0.1, 0.15) is 25.7 Å². The quantitative estimate of drug-likeness (QED) is 0.599. The second-order valence-electron chi connectivity index (χ2n) is 4.63. The number of likely N-dealkylation sites (tertiary alicyclic amines) is 1. The molecule has 13 heavy (non-hydrogen) atoms. The summed E-state index contributed by atoms with van der Waals surface area (Å²) >= 11 is 0. The molecule has 0 saturated carbocycles. The van der Waals surface area contributed by atoms with Crippen molar-refractivity contribution >= 4 is 0 Å². The van der Waals surface area contributed by atoms with Gasteiger partial charge in [-0.05, 0) is 39.3 Å². The Bertz CT molecular complexity index is 164. The van der Waals surface area contributed by atoms with E-state index in [1.807, 2.05) is 0 Å². The van der Waals surface area contributed by atoms with Gasteiger partial charge in [0.05, 0.1) is 5.60 Å². The Morgan fingerprint density at radius 1 is 1.54 bits per heavy atom. The van der Waals surface area contributed by atoms with Gasteiger partial charge < -0.3 is 15.4 Å². The molecule has 2 saturated heterocycles. The highest BCUT2D eigenvalue weighted by Gasteiger charge is 2.39. The molecule has 76 valence electrons. The Hall–Kier alpha value is -0.120. The van der Waals surface area contributed by atoms with Crippen molar-refractivity contribution in [1.29, 1.82) is 0 Å². The summed E-state index contributed by atoms with van der Waals surface area (Å²) < 4.78 is 5.93. The van der Waals surface area contributed by atoms with Crippen molar-refractivity contribution in [3.8, 4) is 0 Å². The van der Waals surface area contributed by atoms with E-state index in [-0.39, 0.29) is 5.60 Å². The molecule has 2 fully saturated rings. The number of rotatable bonds is 0. The fourth-order valence-electron chi connectivity index (χ4n) is 2.67. The number of ether oxygens (including phenoxy) is 1. The summed E-state index contributed by atoms with van der Waals surface area (Å²) in [6.45, 7) is 3.13. The molecule has 2 aliphatic heterocycles. The van der Waals surface area contributed by atoms with Gasteiger partial charge >= 0.3 is 0 Å². The number of hydrogen-bond acceptors (Lipinski definition) is 3. The average Bonchev–Trinajstić information content (AvgIpc) is 2.02. The molecule has 1 spiro atoms. The first-order valence-electron chi connectivity index (χ1n) is 5.28. The molecule has 0 aromatic heterocycles. The van der Waals surface area contributed by atoms with E-state index in [0.717, 1.165) is 26.0 Å². The molecule has 0 radical (unpaired) electrons. The number of piperidine rings is 1. The van der Waals surface area contributed by atoms with Gasteiger partial charge in [0.15, 0.2) is 0 Å². The van der Waals surface area contributed by atoms with Crippen molar-refractivity contribution in [2.45, 2.75) is 37.3 Å². The van der Waals surface area contributed by atoms with Crippen molar-refractivity contribution in [2.24, 2.45) is 5.73 Å². The zero-order chi connectivity index (χ0) is 9.31. The summed E-state index contributed by atoms with van der Waals surface area (Å²) in [5.74, 6) is 0. The summed E-state index contributed by atoms with van der Waals surface area (Å²) in [7, 11) is 2.17. The molecule has 2 unspecified atom stereocenters. The number of nitrogens with two attached hydrogens (primary N) is 1. The molecule has 3 heteroatoms. The van der Waals surface area contributed by atoms with E-state index in [1.165, 1.54) is 19.4 Å². The van der Waals surface area contributed by atoms with Crippen molar-refractivity contribution < 1.29 is 4.74 Å². The van der Waals surface area contributed by atoms with Crippen LogP contribution in [0.5, 0.6) is 0 Å². The zero-order valence-corrected chi connectivity index (χ0v) is 8.46. The minimum atomic E-state index is 0.102. The smallest absolute Gasteiger partial charge is 0.0823 e. The lowest BCUT2D eigenvalue weighted by Gasteiger charge is -2.45. The van der Waals surface area contributed by atoms with Crippen LogP contribution in [0.2, 0.25) is 0 Å². The highest BCUT2D eigenvalue weighted by molar-refractivity contribution is 4.93. The largest absolute Gasteiger partial charge is 0.374 e. The van der Waals surface area contributed by atoms with Gasteiger partial charge in [0, 0.05) is 19.2 Å². The fourth-order valence-corrected chi connectivity index (χ4v) is 2.67. The van der Waals surface area contributed by atoms with Gasteiger partial charge in [-0.2, -0.15) is 0 Å². The predicted molar refractivity (Wildman–Crippen MR) is 52.6 cm³/mol. The Morgan fingerprint density at radius 2 is 2.38 bits per heavy atom. The van der Waals surface area contributed by atoms with Crippen LogP contribution in [0.4, 0.5) is 0 Å². The van der Waals surface area contributed by atoms with Crippen LogP contribution in [0.25, 0.3) is 0 Å². The molecule has 0 aromatic rings. The summed E-state index contributed by atoms with van der Waals surface area (Å²) in [4.78, 5) is 2.36. The monoisotopic (exact) mass is 184 g/mol.